The van der Waals surface area contributed by atoms with E-state index in [9.17, 15) is 19.7 Å². The number of ketones is 1. The van der Waals surface area contributed by atoms with Crippen LogP contribution in [-0.2, 0) is 4.79 Å². The van der Waals surface area contributed by atoms with Gasteiger partial charge in [-0.1, -0.05) is 60.7 Å². The monoisotopic (exact) mass is 458 g/mol. The van der Waals surface area contributed by atoms with Crippen LogP contribution in [-0.4, -0.2) is 59.6 Å². The van der Waals surface area contributed by atoms with Crippen LogP contribution in [0.3, 0.4) is 0 Å². The minimum Gasteiger partial charge on any atom is -0.324 e. The first-order chi connectivity index (χ1) is 16.4. The molecule has 0 bridgehead atoms. The van der Waals surface area contributed by atoms with Crippen LogP contribution in [0.2, 0.25) is 0 Å². The molecule has 0 radical (unpaired) electrons. The van der Waals surface area contributed by atoms with Crippen molar-refractivity contribution >= 4 is 23.1 Å². The van der Waals surface area contributed by atoms with Crippen LogP contribution in [0.4, 0.5) is 11.4 Å². The first-order valence-electron chi connectivity index (χ1n) is 11.1. The summed E-state index contributed by atoms with van der Waals surface area (Å²) in [5, 5.41) is 14.3. The number of nitro benzene ring substituents is 1. The summed E-state index contributed by atoms with van der Waals surface area (Å²) in [7, 11) is 2.05. The molecule has 4 rings (SSSR count). The SMILES string of the molecule is CN1CCN(C(C(=O)Nc2ccc([N+](=O)[O-])cc2C(=O)c2ccccc2)c2ccccc2)CC1. The third-order valence-electron chi connectivity index (χ3n) is 6.02. The highest BCUT2D eigenvalue weighted by atomic mass is 16.6. The van der Waals surface area contributed by atoms with E-state index in [4.69, 9.17) is 0 Å². The van der Waals surface area contributed by atoms with Crippen molar-refractivity contribution in [3.8, 4) is 0 Å². The van der Waals surface area contributed by atoms with Crippen LogP contribution in [0, 0.1) is 10.1 Å². The number of rotatable bonds is 7. The smallest absolute Gasteiger partial charge is 0.270 e. The van der Waals surface area contributed by atoms with E-state index in [0.29, 0.717) is 5.56 Å². The minimum atomic E-state index is -0.551. The van der Waals surface area contributed by atoms with Gasteiger partial charge in [-0.15, -0.1) is 0 Å². The second kappa shape index (κ2) is 10.4. The number of benzene rings is 3. The Bertz CT molecular complexity index is 1180. The van der Waals surface area contributed by atoms with E-state index in [1.807, 2.05) is 37.4 Å². The predicted octanol–water partition coefficient (Wildman–Crippen LogP) is 3.75. The molecule has 1 amide bonds. The Morgan fingerprint density at radius 1 is 0.912 bits per heavy atom. The van der Waals surface area contributed by atoms with Gasteiger partial charge in [0.15, 0.2) is 5.78 Å². The molecule has 1 saturated heterocycles. The molecule has 1 atom stereocenters. The molecule has 8 heteroatoms. The van der Waals surface area contributed by atoms with E-state index >= 15 is 0 Å². The largest absolute Gasteiger partial charge is 0.324 e. The number of anilines is 1. The fourth-order valence-corrected chi connectivity index (χ4v) is 4.13. The number of carbonyl (C=O) groups excluding carboxylic acids is 2. The third-order valence-corrected chi connectivity index (χ3v) is 6.02. The summed E-state index contributed by atoms with van der Waals surface area (Å²) in [6.45, 7) is 3.12. The molecule has 0 spiro atoms. The van der Waals surface area contributed by atoms with Crippen LogP contribution < -0.4 is 5.32 Å². The van der Waals surface area contributed by atoms with Gasteiger partial charge in [-0.3, -0.25) is 24.6 Å². The molecule has 0 aromatic heterocycles. The molecule has 1 unspecified atom stereocenters. The predicted molar refractivity (Wildman–Crippen MR) is 130 cm³/mol. The van der Waals surface area contributed by atoms with E-state index in [-0.39, 0.29) is 22.8 Å². The Balaban J connectivity index is 1.68. The molecule has 1 fully saturated rings. The molecule has 3 aromatic carbocycles. The lowest BCUT2D eigenvalue weighted by Gasteiger charge is -2.37. The van der Waals surface area contributed by atoms with E-state index in [2.05, 4.69) is 15.1 Å². The van der Waals surface area contributed by atoms with Crippen molar-refractivity contribution in [3.63, 3.8) is 0 Å². The maximum Gasteiger partial charge on any atom is 0.270 e. The molecule has 0 saturated carbocycles. The van der Waals surface area contributed by atoms with Gasteiger partial charge in [0.05, 0.1) is 16.2 Å². The molecule has 1 heterocycles. The van der Waals surface area contributed by atoms with Crippen molar-refractivity contribution < 1.29 is 14.5 Å². The second-order valence-corrected chi connectivity index (χ2v) is 8.32. The van der Waals surface area contributed by atoms with Crippen molar-refractivity contribution in [2.24, 2.45) is 0 Å². The molecular formula is C26H26N4O4. The maximum atomic E-state index is 13.6. The summed E-state index contributed by atoms with van der Waals surface area (Å²) in [6.07, 6.45) is 0. The fraction of sp³-hybridized carbons (Fsp3) is 0.231. The Labute approximate surface area is 198 Å². The van der Waals surface area contributed by atoms with Gasteiger partial charge in [-0.25, -0.2) is 0 Å². The van der Waals surface area contributed by atoms with Crippen molar-refractivity contribution in [2.45, 2.75) is 6.04 Å². The summed E-state index contributed by atoms with van der Waals surface area (Å²) >= 11 is 0. The van der Waals surface area contributed by atoms with E-state index in [0.717, 1.165) is 31.7 Å². The highest BCUT2D eigenvalue weighted by Crippen LogP contribution is 2.28. The number of piperazine rings is 1. The van der Waals surface area contributed by atoms with Crippen molar-refractivity contribution in [1.29, 1.82) is 0 Å². The number of hydrogen-bond acceptors (Lipinski definition) is 6. The van der Waals surface area contributed by atoms with Gasteiger partial charge < -0.3 is 10.2 Å². The zero-order chi connectivity index (χ0) is 24.1. The van der Waals surface area contributed by atoms with Crippen LogP contribution >= 0.6 is 0 Å². The molecule has 3 aromatic rings. The van der Waals surface area contributed by atoms with Crippen LogP contribution in [0.5, 0.6) is 0 Å². The van der Waals surface area contributed by atoms with Gasteiger partial charge in [0, 0.05) is 43.9 Å². The quantitative estimate of drug-likeness (QED) is 0.329. The Morgan fingerprint density at radius 3 is 2.15 bits per heavy atom. The molecule has 34 heavy (non-hydrogen) atoms. The van der Waals surface area contributed by atoms with Gasteiger partial charge in [0.1, 0.15) is 6.04 Å². The summed E-state index contributed by atoms with van der Waals surface area (Å²) in [5.41, 5.74) is 1.36. The number of hydrogen-bond donors (Lipinski definition) is 1. The number of nitro groups is 1. The number of likely N-dealkylation sites (N-methyl/N-ethyl adjacent to an activating group) is 1. The maximum absolute atomic E-state index is 13.6. The zero-order valence-electron chi connectivity index (χ0n) is 18.9. The lowest BCUT2D eigenvalue weighted by molar-refractivity contribution is -0.384. The minimum absolute atomic E-state index is 0.0824. The van der Waals surface area contributed by atoms with Crippen LogP contribution in [0.1, 0.15) is 27.5 Å². The van der Waals surface area contributed by atoms with Crippen LogP contribution in [0.15, 0.2) is 78.9 Å². The first-order valence-corrected chi connectivity index (χ1v) is 11.1. The van der Waals surface area contributed by atoms with Crippen molar-refractivity contribution in [2.75, 3.05) is 38.5 Å². The average Bonchev–Trinajstić information content (AvgIpc) is 2.86. The van der Waals surface area contributed by atoms with E-state index in [1.165, 1.54) is 18.2 Å². The zero-order valence-corrected chi connectivity index (χ0v) is 18.9. The van der Waals surface area contributed by atoms with Gasteiger partial charge in [0.25, 0.3) is 5.69 Å². The summed E-state index contributed by atoms with van der Waals surface area (Å²) < 4.78 is 0. The van der Waals surface area contributed by atoms with Crippen molar-refractivity contribution in [1.82, 2.24) is 9.80 Å². The molecular weight excluding hydrogens is 432 g/mol. The van der Waals surface area contributed by atoms with Crippen molar-refractivity contribution in [3.05, 3.63) is 106 Å². The number of nitrogens with zero attached hydrogens (tertiary/aromatic N) is 3. The Hall–Kier alpha value is -3.88. The molecule has 1 N–H and O–H groups in total. The molecule has 174 valence electrons. The number of non-ortho nitro benzene ring substituents is 1. The van der Waals surface area contributed by atoms with Gasteiger partial charge in [-0.2, -0.15) is 0 Å². The molecule has 1 aliphatic rings. The highest BCUT2D eigenvalue weighted by Gasteiger charge is 2.31. The topological polar surface area (TPSA) is 95.8 Å². The average molecular weight is 459 g/mol. The van der Waals surface area contributed by atoms with Crippen LogP contribution in [0.25, 0.3) is 0 Å². The Kier molecular flexibility index (Phi) is 7.10. The van der Waals surface area contributed by atoms with E-state index in [1.54, 1.807) is 30.3 Å². The lowest BCUT2D eigenvalue weighted by atomic mass is 9.99. The van der Waals surface area contributed by atoms with Gasteiger partial charge in [-0.05, 0) is 18.7 Å². The summed E-state index contributed by atoms with van der Waals surface area (Å²) in [6, 6.07) is 21.4. The standard InChI is InChI=1S/C26H26N4O4/c1-28-14-16-29(17-15-28)24(19-8-4-2-5-9-19)26(32)27-23-13-12-21(30(33)34)18-22(23)25(31)20-10-6-3-7-11-20/h2-13,18,24H,14-17H2,1H3,(H,27,32). The summed E-state index contributed by atoms with van der Waals surface area (Å²) in [4.78, 5) is 42.0. The molecule has 0 aliphatic carbocycles. The normalized spacial score (nSPS) is 15.4. The number of nitrogens with one attached hydrogen (secondary N) is 1. The number of carbonyl (C=O) groups is 2. The molecule has 8 nitrogen and oxygen atoms in total. The fourth-order valence-electron chi connectivity index (χ4n) is 4.13. The second-order valence-electron chi connectivity index (χ2n) is 8.32. The Morgan fingerprint density at radius 2 is 1.53 bits per heavy atom. The summed E-state index contributed by atoms with van der Waals surface area (Å²) in [5.74, 6) is -0.679. The van der Waals surface area contributed by atoms with E-state index < -0.39 is 16.7 Å². The number of amides is 1. The first kappa shape index (κ1) is 23.3. The van der Waals surface area contributed by atoms with Gasteiger partial charge in [0.2, 0.25) is 5.91 Å². The highest BCUT2D eigenvalue weighted by molar-refractivity contribution is 6.14. The molecule has 1 aliphatic heterocycles. The van der Waals surface area contributed by atoms with Gasteiger partial charge >= 0.3 is 0 Å². The lowest BCUT2D eigenvalue weighted by Crippen LogP contribution is -2.48. The third kappa shape index (κ3) is 5.19.